The van der Waals surface area contributed by atoms with E-state index in [4.69, 9.17) is 6.42 Å². The van der Waals surface area contributed by atoms with Gasteiger partial charge < -0.3 is 0 Å². The topological polar surface area (TPSA) is 0 Å². The lowest BCUT2D eigenvalue weighted by molar-refractivity contribution is 1.20. The van der Waals surface area contributed by atoms with Crippen LogP contribution in [0.3, 0.4) is 0 Å². The summed E-state index contributed by atoms with van der Waals surface area (Å²) in [4.78, 5) is 0. The maximum absolute atomic E-state index is 5.04. The Morgan fingerprint density at radius 2 is 2.43 bits per heavy atom. The molecular formula is C7H10. The monoisotopic (exact) mass is 94.1 g/mol. The SMILES string of the molecule is C#CC(C)=CCC. The van der Waals surface area contributed by atoms with Crippen molar-refractivity contribution in [3.05, 3.63) is 11.6 Å². The third kappa shape index (κ3) is 3.12. The van der Waals surface area contributed by atoms with Gasteiger partial charge in [0.25, 0.3) is 0 Å². The third-order valence-corrected chi connectivity index (χ3v) is 0.738. The van der Waals surface area contributed by atoms with Crippen LogP contribution >= 0.6 is 0 Å². The highest BCUT2D eigenvalue weighted by molar-refractivity contribution is 5.21. The van der Waals surface area contributed by atoms with Crippen molar-refractivity contribution in [3.63, 3.8) is 0 Å². The number of terminal acetylenes is 1. The Kier molecular flexibility index (Phi) is 3.14. The van der Waals surface area contributed by atoms with E-state index in [1.165, 1.54) is 0 Å². The molecule has 0 atom stereocenters. The summed E-state index contributed by atoms with van der Waals surface area (Å²) in [5.41, 5.74) is 1.03. The smallest absolute Gasteiger partial charge is 0.00534 e. The molecule has 0 saturated heterocycles. The number of allylic oxidation sites excluding steroid dienone is 2. The van der Waals surface area contributed by atoms with Crippen molar-refractivity contribution in [3.8, 4) is 12.3 Å². The lowest BCUT2D eigenvalue weighted by Gasteiger charge is -1.80. The van der Waals surface area contributed by atoms with E-state index in [9.17, 15) is 0 Å². The molecule has 7 heavy (non-hydrogen) atoms. The Balaban J connectivity index is 3.57. The molecule has 38 valence electrons. The van der Waals surface area contributed by atoms with Crippen LogP contribution in [0.4, 0.5) is 0 Å². The molecule has 0 heterocycles. The van der Waals surface area contributed by atoms with Gasteiger partial charge in [-0.3, -0.25) is 0 Å². The Labute approximate surface area is 45.2 Å². The fourth-order valence-corrected chi connectivity index (χ4v) is 0.365. The van der Waals surface area contributed by atoms with Gasteiger partial charge in [-0.1, -0.05) is 18.9 Å². The molecule has 0 radical (unpaired) electrons. The molecule has 0 aliphatic heterocycles. The summed E-state index contributed by atoms with van der Waals surface area (Å²) in [7, 11) is 0. The van der Waals surface area contributed by atoms with Crippen molar-refractivity contribution >= 4 is 0 Å². The molecule has 0 aromatic heterocycles. The molecule has 0 aromatic rings. The van der Waals surface area contributed by atoms with E-state index in [0.29, 0.717) is 0 Å². The van der Waals surface area contributed by atoms with Gasteiger partial charge in [-0.2, -0.15) is 0 Å². The van der Waals surface area contributed by atoms with E-state index >= 15 is 0 Å². The van der Waals surface area contributed by atoms with Crippen LogP contribution in [0.15, 0.2) is 11.6 Å². The molecule has 0 saturated carbocycles. The molecule has 0 aromatic carbocycles. The normalized spacial score (nSPS) is 10.7. The summed E-state index contributed by atoms with van der Waals surface area (Å²) in [6.45, 7) is 4.00. The first kappa shape index (κ1) is 6.30. The van der Waals surface area contributed by atoms with Gasteiger partial charge >= 0.3 is 0 Å². The lowest BCUT2D eigenvalue weighted by Crippen LogP contribution is -1.63. The Bertz CT molecular complexity index is 102. The molecule has 0 N–H and O–H groups in total. The van der Waals surface area contributed by atoms with Gasteiger partial charge in [-0.15, -0.1) is 6.42 Å². The summed E-state index contributed by atoms with van der Waals surface area (Å²) < 4.78 is 0. The maximum Gasteiger partial charge on any atom is -0.00534 e. The minimum absolute atomic E-state index is 1.03. The molecule has 0 heteroatoms. The average Bonchev–Trinajstić information content (AvgIpc) is 1.68. The van der Waals surface area contributed by atoms with Crippen molar-refractivity contribution in [1.29, 1.82) is 0 Å². The van der Waals surface area contributed by atoms with Crippen molar-refractivity contribution < 1.29 is 0 Å². The highest BCUT2D eigenvalue weighted by Gasteiger charge is 1.72. The first-order chi connectivity index (χ1) is 3.31. The van der Waals surface area contributed by atoms with Gasteiger partial charge in [0.05, 0.1) is 0 Å². The Morgan fingerprint density at radius 1 is 1.86 bits per heavy atom. The Morgan fingerprint density at radius 3 is 2.57 bits per heavy atom. The van der Waals surface area contributed by atoms with Crippen LogP contribution in [-0.2, 0) is 0 Å². The predicted molar refractivity (Wildman–Crippen MR) is 32.9 cm³/mol. The number of rotatable bonds is 1. The van der Waals surface area contributed by atoms with Crippen LogP contribution < -0.4 is 0 Å². The molecule has 0 fully saturated rings. The van der Waals surface area contributed by atoms with Gasteiger partial charge in [0.15, 0.2) is 0 Å². The molecule has 0 spiro atoms. The largest absolute Gasteiger partial charge is 0.115 e. The second-order valence-electron chi connectivity index (χ2n) is 1.44. The van der Waals surface area contributed by atoms with E-state index in [-0.39, 0.29) is 0 Å². The summed E-state index contributed by atoms with van der Waals surface area (Å²) in [6, 6.07) is 0. The van der Waals surface area contributed by atoms with Gasteiger partial charge in [0, 0.05) is 0 Å². The Hall–Kier alpha value is -0.700. The van der Waals surface area contributed by atoms with E-state index in [1.54, 1.807) is 0 Å². The first-order valence-corrected chi connectivity index (χ1v) is 2.44. The van der Waals surface area contributed by atoms with E-state index < -0.39 is 0 Å². The summed E-state index contributed by atoms with van der Waals surface area (Å²) >= 11 is 0. The van der Waals surface area contributed by atoms with Crippen LogP contribution in [0.25, 0.3) is 0 Å². The zero-order chi connectivity index (χ0) is 5.70. The quantitative estimate of drug-likeness (QED) is 0.436. The van der Waals surface area contributed by atoms with Crippen LogP contribution in [0.5, 0.6) is 0 Å². The lowest BCUT2D eigenvalue weighted by atomic mass is 10.3. The maximum atomic E-state index is 5.04. The minimum Gasteiger partial charge on any atom is -0.115 e. The molecule has 0 nitrogen and oxygen atoms in total. The molecule has 0 amide bonds. The highest BCUT2D eigenvalue weighted by Crippen LogP contribution is 1.89. The first-order valence-electron chi connectivity index (χ1n) is 2.44. The predicted octanol–water partition coefficient (Wildman–Crippen LogP) is 1.98. The number of hydrogen-bond acceptors (Lipinski definition) is 0. The van der Waals surface area contributed by atoms with Gasteiger partial charge in [0.2, 0.25) is 0 Å². The van der Waals surface area contributed by atoms with Gasteiger partial charge in [-0.25, -0.2) is 0 Å². The standard InChI is InChI=1S/C7H10/c1-4-6-7(3)5-2/h2,6H,4H2,1,3H3. The van der Waals surface area contributed by atoms with Crippen LogP contribution in [0.2, 0.25) is 0 Å². The second-order valence-corrected chi connectivity index (χ2v) is 1.44. The molecule has 0 unspecified atom stereocenters. The van der Waals surface area contributed by atoms with E-state index in [1.807, 2.05) is 13.0 Å². The summed E-state index contributed by atoms with van der Waals surface area (Å²) in [6.07, 6.45) is 8.11. The third-order valence-electron chi connectivity index (χ3n) is 0.738. The second kappa shape index (κ2) is 3.49. The van der Waals surface area contributed by atoms with Crippen LogP contribution in [0.1, 0.15) is 20.3 Å². The molecule has 0 aliphatic carbocycles. The molecular weight excluding hydrogens is 84.1 g/mol. The van der Waals surface area contributed by atoms with Crippen molar-refractivity contribution in [2.75, 3.05) is 0 Å². The summed E-state index contributed by atoms with van der Waals surface area (Å²) in [5, 5.41) is 0. The molecule has 0 bridgehead atoms. The minimum atomic E-state index is 1.03. The fraction of sp³-hybridized carbons (Fsp3) is 0.429. The van der Waals surface area contributed by atoms with Gasteiger partial charge in [-0.05, 0) is 18.9 Å². The fourth-order valence-electron chi connectivity index (χ4n) is 0.365. The van der Waals surface area contributed by atoms with Crippen molar-refractivity contribution in [2.24, 2.45) is 0 Å². The van der Waals surface area contributed by atoms with Crippen LogP contribution in [-0.4, -0.2) is 0 Å². The van der Waals surface area contributed by atoms with Gasteiger partial charge in [0.1, 0.15) is 0 Å². The van der Waals surface area contributed by atoms with Crippen molar-refractivity contribution in [1.82, 2.24) is 0 Å². The van der Waals surface area contributed by atoms with Crippen molar-refractivity contribution in [2.45, 2.75) is 20.3 Å². The zero-order valence-corrected chi connectivity index (χ0v) is 4.86. The zero-order valence-electron chi connectivity index (χ0n) is 4.86. The van der Waals surface area contributed by atoms with E-state index in [0.717, 1.165) is 12.0 Å². The van der Waals surface area contributed by atoms with E-state index in [2.05, 4.69) is 12.8 Å². The number of hydrogen-bond donors (Lipinski definition) is 0. The highest BCUT2D eigenvalue weighted by atomic mass is 13.8. The molecule has 0 aliphatic rings. The van der Waals surface area contributed by atoms with Crippen LogP contribution in [0, 0.1) is 12.3 Å². The molecule has 0 rings (SSSR count). The summed E-state index contributed by atoms with van der Waals surface area (Å²) in [5.74, 6) is 2.53. The average molecular weight is 94.2 g/mol.